The van der Waals surface area contributed by atoms with E-state index in [1.165, 1.54) is 4.31 Å². The standard InChI is InChI=1S/C16H24N2O5S/c17-7-2-10-21-13-5-8-18(9-6-13)24(19,20)15-4-1-3-14-16(15)23-12-11-22-14/h1,3-4,13H,2,5-12,17H2. The summed E-state index contributed by atoms with van der Waals surface area (Å²) in [6, 6.07) is 4.99. The Kier molecular flexibility index (Phi) is 5.60. The second-order valence-electron chi connectivity index (χ2n) is 5.90. The van der Waals surface area contributed by atoms with Crippen LogP contribution in [-0.4, -0.2) is 58.3 Å². The Balaban J connectivity index is 1.69. The number of para-hydroxylation sites is 1. The van der Waals surface area contributed by atoms with E-state index in [2.05, 4.69) is 0 Å². The summed E-state index contributed by atoms with van der Waals surface area (Å²) in [4.78, 5) is 0.183. The molecule has 2 aliphatic heterocycles. The van der Waals surface area contributed by atoms with Crippen LogP contribution < -0.4 is 15.2 Å². The number of ether oxygens (including phenoxy) is 3. The zero-order valence-electron chi connectivity index (χ0n) is 13.6. The molecule has 1 aromatic carbocycles. The first-order valence-electron chi connectivity index (χ1n) is 8.33. The number of fused-ring (bicyclic) bond motifs is 1. The summed E-state index contributed by atoms with van der Waals surface area (Å²) in [5.41, 5.74) is 5.45. The van der Waals surface area contributed by atoms with Crippen molar-refractivity contribution in [1.82, 2.24) is 4.31 Å². The quantitative estimate of drug-likeness (QED) is 0.764. The van der Waals surface area contributed by atoms with Crippen LogP contribution in [-0.2, 0) is 14.8 Å². The maximum atomic E-state index is 13.0. The predicted octanol–water partition coefficient (Wildman–Crippen LogP) is 0.976. The van der Waals surface area contributed by atoms with Gasteiger partial charge in [0.15, 0.2) is 11.5 Å². The largest absolute Gasteiger partial charge is 0.486 e. The van der Waals surface area contributed by atoms with Gasteiger partial charge in [0.05, 0.1) is 6.10 Å². The van der Waals surface area contributed by atoms with E-state index in [0.29, 0.717) is 63.8 Å². The molecule has 24 heavy (non-hydrogen) atoms. The van der Waals surface area contributed by atoms with E-state index in [1.54, 1.807) is 18.2 Å². The van der Waals surface area contributed by atoms with Gasteiger partial charge in [0.1, 0.15) is 18.1 Å². The van der Waals surface area contributed by atoms with Crippen molar-refractivity contribution in [3.05, 3.63) is 18.2 Å². The second kappa shape index (κ2) is 7.69. The van der Waals surface area contributed by atoms with Crippen molar-refractivity contribution in [1.29, 1.82) is 0 Å². The van der Waals surface area contributed by atoms with Crippen LogP contribution in [0.5, 0.6) is 11.5 Å². The third kappa shape index (κ3) is 3.66. The Labute approximate surface area is 142 Å². The van der Waals surface area contributed by atoms with E-state index in [1.807, 2.05) is 0 Å². The van der Waals surface area contributed by atoms with Gasteiger partial charge in [-0.15, -0.1) is 0 Å². The summed E-state index contributed by atoms with van der Waals surface area (Å²) in [6.07, 6.45) is 2.31. The summed E-state index contributed by atoms with van der Waals surface area (Å²) in [7, 11) is -3.60. The lowest BCUT2D eigenvalue weighted by atomic mass is 10.1. The highest BCUT2D eigenvalue weighted by molar-refractivity contribution is 7.89. The SMILES string of the molecule is NCCCOC1CCN(S(=O)(=O)c2cccc3c2OCCO3)CC1. The molecule has 2 N–H and O–H groups in total. The molecule has 3 rings (SSSR count). The summed E-state index contributed by atoms with van der Waals surface area (Å²) in [5, 5.41) is 0. The number of piperidine rings is 1. The van der Waals surface area contributed by atoms with Gasteiger partial charge in [-0.3, -0.25) is 0 Å². The highest BCUT2D eigenvalue weighted by atomic mass is 32.2. The van der Waals surface area contributed by atoms with Gasteiger partial charge < -0.3 is 19.9 Å². The van der Waals surface area contributed by atoms with E-state index in [0.717, 1.165) is 6.42 Å². The van der Waals surface area contributed by atoms with Crippen LogP contribution in [0.3, 0.4) is 0 Å². The van der Waals surface area contributed by atoms with Crippen molar-refractivity contribution in [2.24, 2.45) is 5.73 Å². The zero-order chi connectivity index (χ0) is 17.0. The maximum Gasteiger partial charge on any atom is 0.246 e. The van der Waals surface area contributed by atoms with Gasteiger partial charge in [0.25, 0.3) is 0 Å². The Hall–Kier alpha value is -1.35. The van der Waals surface area contributed by atoms with Crippen LogP contribution >= 0.6 is 0 Å². The van der Waals surface area contributed by atoms with E-state index in [-0.39, 0.29) is 11.0 Å². The molecular weight excluding hydrogens is 332 g/mol. The van der Waals surface area contributed by atoms with Gasteiger partial charge in [-0.05, 0) is 37.9 Å². The first-order chi connectivity index (χ1) is 11.6. The molecule has 1 saturated heterocycles. The van der Waals surface area contributed by atoms with Crippen LogP contribution in [0.1, 0.15) is 19.3 Å². The highest BCUT2D eigenvalue weighted by Crippen LogP contribution is 2.38. The lowest BCUT2D eigenvalue weighted by Crippen LogP contribution is -2.41. The number of sulfonamides is 1. The van der Waals surface area contributed by atoms with Crippen LogP contribution in [0.15, 0.2) is 23.1 Å². The summed E-state index contributed by atoms with van der Waals surface area (Å²) in [5.74, 6) is 0.812. The van der Waals surface area contributed by atoms with E-state index in [9.17, 15) is 8.42 Å². The summed E-state index contributed by atoms with van der Waals surface area (Å²) >= 11 is 0. The molecule has 1 aromatic rings. The molecule has 0 atom stereocenters. The van der Waals surface area contributed by atoms with Crippen LogP contribution in [0.4, 0.5) is 0 Å². The Morgan fingerprint density at radius 1 is 1.21 bits per heavy atom. The minimum Gasteiger partial charge on any atom is -0.486 e. The van der Waals surface area contributed by atoms with Crippen LogP contribution in [0, 0.1) is 0 Å². The number of rotatable bonds is 6. The normalized spacial score (nSPS) is 19.4. The molecular formula is C16H24N2O5S. The molecule has 0 aromatic heterocycles. The number of hydrogen-bond donors (Lipinski definition) is 1. The molecule has 0 spiro atoms. The van der Waals surface area contributed by atoms with Crippen molar-refractivity contribution in [3.63, 3.8) is 0 Å². The molecule has 2 heterocycles. The topological polar surface area (TPSA) is 91.1 Å². The van der Waals surface area contributed by atoms with Crippen molar-refractivity contribution < 1.29 is 22.6 Å². The zero-order valence-corrected chi connectivity index (χ0v) is 14.5. The number of nitrogens with zero attached hydrogens (tertiary/aromatic N) is 1. The fourth-order valence-electron chi connectivity index (χ4n) is 2.96. The van der Waals surface area contributed by atoms with E-state index in [4.69, 9.17) is 19.9 Å². The molecule has 1 fully saturated rings. The third-order valence-corrected chi connectivity index (χ3v) is 6.17. The van der Waals surface area contributed by atoms with Crippen LogP contribution in [0.25, 0.3) is 0 Å². The fourth-order valence-corrected chi connectivity index (χ4v) is 4.58. The van der Waals surface area contributed by atoms with Crippen LogP contribution in [0.2, 0.25) is 0 Å². The second-order valence-corrected chi connectivity index (χ2v) is 7.80. The van der Waals surface area contributed by atoms with Gasteiger partial charge >= 0.3 is 0 Å². The highest BCUT2D eigenvalue weighted by Gasteiger charge is 2.33. The maximum absolute atomic E-state index is 13.0. The average Bonchev–Trinajstić information content (AvgIpc) is 2.62. The number of hydrogen-bond acceptors (Lipinski definition) is 6. The predicted molar refractivity (Wildman–Crippen MR) is 88.8 cm³/mol. The summed E-state index contributed by atoms with van der Waals surface area (Å²) in [6.45, 7) is 2.92. The molecule has 0 saturated carbocycles. The van der Waals surface area contributed by atoms with Gasteiger partial charge in [-0.1, -0.05) is 6.07 Å². The Morgan fingerprint density at radius 3 is 2.71 bits per heavy atom. The van der Waals surface area contributed by atoms with Gasteiger partial charge in [0.2, 0.25) is 10.0 Å². The van der Waals surface area contributed by atoms with E-state index < -0.39 is 10.0 Å². The van der Waals surface area contributed by atoms with Crippen molar-refractivity contribution in [3.8, 4) is 11.5 Å². The number of nitrogens with two attached hydrogens (primary N) is 1. The van der Waals surface area contributed by atoms with Gasteiger partial charge in [-0.25, -0.2) is 8.42 Å². The number of benzene rings is 1. The van der Waals surface area contributed by atoms with Crippen molar-refractivity contribution >= 4 is 10.0 Å². The monoisotopic (exact) mass is 356 g/mol. The molecule has 8 heteroatoms. The summed E-state index contributed by atoms with van der Waals surface area (Å²) < 4.78 is 44.2. The Morgan fingerprint density at radius 2 is 1.96 bits per heavy atom. The first-order valence-corrected chi connectivity index (χ1v) is 9.77. The van der Waals surface area contributed by atoms with Crippen molar-refractivity contribution in [2.45, 2.75) is 30.3 Å². The molecule has 0 aliphatic carbocycles. The smallest absolute Gasteiger partial charge is 0.246 e. The molecule has 0 unspecified atom stereocenters. The fraction of sp³-hybridized carbons (Fsp3) is 0.625. The molecule has 0 radical (unpaired) electrons. The lowest BCUT2D eigenvalue weighted by molar-refractivity contribution is 0.0208. The van der Waals surface area contributed by atoms with Gasteiger partial charge in [0, 0.05) is 19.7 Å². The molecule has 134 valence electrons. The first kappa shape index (κ1) is 17.5. The Bertz CT molecular complexity index is 656. The minimum absolute atomic E-state index is 0.104. The lowest BCUT2D eigenvalue weighted by Gasteiger charge is -2.32. The third-order valence-electron chi connectivity index (χ3n) is 4.25. The molecule has 7 nitrogen and oxygen atoms in total. The van der Waals surface area contributed by atoms with Gasteiger partial charge in [-0.2, -0.15) is 4.31 Å². The molecule has 0 bridgehead atoms. The molecule has 0 amide bonds. The van der Waals surface area contributed by atoms with Crippen molar-refractivity contribution in [2.75, 3.05) is 39.5 Å². The van der Waals surface area contributed by atoms with E-state index >= 15 is 0 Å². The minimum atomic E-state index is -3.60. The average molecular weight is 356 g/mol. The molecule has 2 aliphatic rings.